The van der Waals surface area contributed by atoms with E-state index < -0.39 is 0 Å². The third-order valence-corrected chi connectivity index (χ3v) is 4.83. The first-order chi connectivity index (χ1) is 12.6. The van der Waals surface area contributed by atoms with E-state index in [1.807, 2.05) is 30.5 Å². The summed E-state index contributed by atoms with van der Waals surface area (Å²) in [6.45, 7) is 10.5. The Morgan fingerprint density at radius 3 is 2.73 bits per heavy atom. The lowest BCUT2D eigenvalue weighted by Crippen LogP contribution is -2.54. The van der Waals surface area contributed by atoms with E-state index in [2.05, 4.69) is 41.2 Å². The van der Waals surface area contributed by atoms with Gasteiger partial charge in [0.15, 0.2) is 0 Å². The Bertz CT molecular complexity index is 670. The van der Waals surface area contributed by atoms with Crippen LogP contribution in [-0.2, 0) is 17.9 Å². The van der Waals surface area contributed by atoms with Crippen molar-refractivity contribution >= 4 is 0 Å². The summed E-state index contributed by atoms with van der Waals surface area (Å²) in [5, 5.41) is 3.60. The Kier molecular flexibility index (Phi) is 6.61. The maximum Gasteiger partial charge on any atom is 0.124 e. The molecule has 1 aromatic heterocycles. The van der Waals surface area contributed by atoms with E-state index >= 15 is 0 Å². The van der Waals surface area contributed by atoms with Crippen LogP contribution in [0.1, 0.15) is 25.0 Å². The van der Waals surface area contributed by atoms with Gasteiger partial charge in [-0.2, -0.15) is 0 Å². The fourth-order valence-corrected chi connectivity index (χ4v) is 3.22. The molecule has 140 valence electrons. The van der Waals surface area contributed by atoms with Crippen molar-refractivity contribution in [3.05, 3.63) is 59.9 Å². The van der Waals surface area contributed by atoms with Crippen molar-refractivity contribution in [3.63, 3.8) is 0 Å². The molecule has 1 fully saturated rings. The molecule has 5 heteroatoms. The molecule has 5 nitrogen and oxygen atoms in total. The monoisotopic (exact) mass is 355 g/mol. The van der Waals surface area contributed by atoms with Crippen LogP contribution in [0.15, 0.2) is 48.8 Å². The van der Waals surface area contributed by atoms with E-state index in [0.29, 0.717) is 6.61 Å². The zero-order valence-corrected chi connectivity index (χ0v) is 15.8. The number of benzene rings is 1. The SMILES string of the molecule is CC(C)(CNCc1ccccc1OCc1cccnc1)N1CCOCC1. The smallest absolute Gasteiger partial charge is 0.124 e. The summed E-state index contributed by atoms with van der Waals surface area (Å²) in [4.78, 5) is 6.63. The molecule has 2 heterocycles. The predicted molar refractivity (Wildman–Crippen MR) is 103 cm³/mol. The molecular formula is C21H29N3O2. The summed E-state index contributed by atoms with van der Waals surface area (Å²) in [5.41, 5.74) is 2.35. The largest absolute Gasteiger partial charge is 0.489 e. The van der Waals surface area contributed by atoms with Gasteiger partial charge in [0, 0.05) is 55.2 Å². The first-order valence-corrected chi connectivity index (χ1v) is 9.28. The van der Waals surface area contributed by atoms with Gasteiger partial charge in [-0.3, -0.25) is 9.88 Å². The highest BCUT2D eigenvalue weighted by Gasteiger charge is 2.27. The summed E-state index contributed by atoms with van der Waals surface area (Å²) >= 11 is 0. The number of hydrogen-bond acceptors (Lipinski definition) is 5. The van der Waals surface area contributed by atoms with E-state index in [-0.39, 0.29) is 5.54 Å². The maximum atomic E-state index is 6.02. The van der Waals surface area contributed by atoms with E-state index in [9.17, 15) is 0 Å². The number of pyridine rings is 1. The fourth-order valence-electron chi connectivity index (χ4n) is 3.22. The molecule has 1 aromatic carbocycles. The Morgan fingerprint density at radius 1 is 1.15 bits per heavy atom. The van der Waals surface area contributed by atoms with Crippen LogP contribution < -0.4 is 10.1 Å². The van der Waals surface area contributed by atoms with Crippen LogP contribution >= 0.6 is 0 Å². The molecule has 0 atom stereocenters. The van der Waals surface area contributed by atoms with Gasteiger partial charge in [-0.1, -0.05) is 24.3 Å². The summed E-state index contributed by atoms with van der Waals surface area (Å²) in [6.07, 6.45) is 3.61. The molecule has 0 spiro atoms. The molecule has 1 N–H and O–H groups in total. The minimum atomic E-state index is 0.106. The van der Waals surface area contributed by atoms with Gasteiger partial charge in [-0.25, -0.2) is 0 Å². The molecule has 26 heavy (non-hydrogen) atoms. The van der Waals surface area contributed by atoms with Crippen LogP contribution in [-0.4, -0.2) is 48.3 Å². The van der Waals surface area contributed by atoms with Gasteiger partial charge in [0.25, 0.3) is 0 Å². The minimum absolute atomic E-state index is 0.106. The molecule has 0 unspecified atom stereocenters. The number of nitrogens with one attached hydrogen (secondary N) is 1. The quantitative estimate of drug-likeness (QED) is 0.789. The number of morpholine rings is 1. The molecular weight excluding hydrogens is 326 g/mol. The molecule has 2 aromatic rings. The Balaban J connectivity index is 1.53. The number of hydrogen-bond donors (Lipinski definition) is 1. The third-order valence-electron chi connectivity index (χ3n) is 4.83. The summed E-state index contributed by atoms with van der Waals surface area (Å²) in [6, 6.07) is 12.2. The van der Waals surface area contributed by atoms with Crippen molar-refractivity contribution < 1.29 is 9.47 Å². The van der Waals surface area contributed by atoms with Crippen molar-refractivity contribution in [1.82, 2.24) is 15.2 Å². The Hall–Kier alpha value is -1.95. The molecule has 3 rings (SSSR count). The zero-order valence-electron chi connectivity index (χ0n) is 15.8. The lowest BCUT2D eigenvalue weighted by Gasteiger charge is -2.41. The third kappa shape index (κ3) is 5.27. The average molecular weight is 355 g/mol. The molecule has 0 aliphatic carbocycles. The normalized spacial score (nSPS) is 15.8. The second kappa shape index (κ2) is 9.12. The van der Waals surface area contributed by atoms with Gasteiger partial charge in [0.2, 0.25) is 0 Å². The number of aromatic nitrogens is 1. The van der Waals surface area contributed by atoms with Gasteiger partial charge in [0.1, 0.15) is 12.4 Å². The van der Waals surface area contributed by atoms with E-state index in [1.54, 1.807) is 6.20 Å². The molecule has 1 saturated heterocycles. The van der Waals surface area contributed by atoms with Crippen LogP contribution in [0.5, 0.6) is 5.75 Å². The van der Waals surface area contributed by atoms with Crippen molar-refractivity contribution in [3.8, 4) is 5.75 Å². The average Bonchev–Trinajstić information content (AvgIpc) is 2.69. The van der Waals surface area contributed by atoms with Gasteiger partial charge < -0.3 is 14.8 Å². The topological polar surface area (TPSA) is 46.6 Å². The molecule has 0 saturated carbocycles. The van der Waals surface area contributed by atoms with Gasteiger partial charge in [-0.15, -0.1) is 0 Å². The van der Waals surface area contributed by atoms with Crippen LogP contribution in [0, 0.1) is 0 Å². The second-order valence-corrected chi connectivity index (χ2v) is 7.27. The zero-order chi connectivity index (χ0) is 18.2. The van der Waals surface area contributed by atoms with Gasteiger partial charge >= 0.3 is 0 Å². The number of para-hydroxylation sites is 1. The van der Waals surface area contributed by atoms with E-state index in [4.69, 9.17) is 9.47 Å². The van der Waals surface area contributed by atoms with Gasteiger partial charge in [0.05, 0.1) is 13.2 Å². The van der Waals surface area contributed by atoms with Crippen LogP contribution in [0.3, 0.4) is 0 Å². The van der Waals surface area contributed by atoms with Crippen LogP contribution in [0.2, 0.25) is 0 Å². The molecule has 1 aliphatic heterocycles. The standard InChI is InChI=1S/C21H29N3O2/c1-21(2,24-10-12-25-13-11-24)17-23-15-19-7-3-4-8-20(19)26-16-18-6-5-9-22-14-18/h3-9,14,23H,10-13,15-17H2,1-2H3. The highest BCUT2D eigenvalue weighted by atomic mass is 16.5. The number of ether oxygens (including phenoxy) is 2. The lowest BCUT2D eigenvalue weighted by atomic mass is 10.0. The minimum Gasteiger partial charge on any atom is -0.489 e. The van der Waals surface area contributed by atoms with Gasteiger partial charge in [-0.05, 0) is 26.0 Å². The van der Waals surface area contributed by atoms with Crippen molar-refractivity contribution in [2.75, 3.05) is 32.8 Å². The van der Waals surface area contributed by atoms with Crippen LogP contribution in [0.4, 0.5) is 0 Å². The molecule has 1 aliphatic rings. The Morgan fingerprint density at radius 2 is 1.96 bits per heavy atom. The highest BCUT2D eigenvalue weighted by molar-refractivity contribution is 5.33. The van der Waals surface area contributed by atoms with E-state index in [0.717, 1.165) is 50.7 Å². The van der Waals surface area contributed by atoms with Crippen molar-refractivity contribution in [1.29, 1.82) is 0 Å². The predicted octanol–water partition coefficient (Wildman–Crippen LogP) is 2.86. The lowest BCUT2D eigenvalue weighted by molar-refractivity contribution is -0.00968. The summed E-state index contributed by atoms with van der Waals surface area (Å²) in [7, 11) is 0. The number of nitrogens with zero attached hydrogens (tertiary/aromatic N) is 2. The van der Waals surface area contributed by atoms with Crippen molar-refractivity contribution in [2.45, 2.75) is 32.5 Å². The highest BCUT2D eigenvalue weighted by Crippen LogP contribution is 2.20. The molecule has 0 radical (unpaired) electrons. The number of rotatable bonds is 8. The summed E-state index contributed by atoms with van der Waals surface area (Å²) in [5.74, 6) is 0.924. The van der Waals surface area contributed by atoms with Crippen LogP contribution in [0.25, 0.3) is 0 Å². The maximum absolute atomic E-state index is 6.02. The molecule has 0 bridgehead atoms. The van der Waals surface area contributed by atoms with Crippen molar-refractivity contribution in [2.24, 2.45) is 0 Å². The summed E-state index contributed by atoms with van der Waals surface area (Å²) < 4.78 is 11.5. The second-order valence-electron chi connectivity index (χ2n) is 7.27. The fraction of sp³-hybridized carbons (Fsp3) is 0.476. The van der Waals surface area contributed by atoms with E-state index in [1.165, 1.54) is 5.56 Å². The first-order valence-electron chi connectivity index (χ1n) is 9.28. The first kappa shape index (κ1) is 18.8. The molecule has 0 amide bonds. The Labute approximate surface area is 156 Å².